The van der Waals surface area contributed by atoms with Crippen molar-refractivity contribution in [3.05, 3.63) is 51.9 Å². The molecule has 2 aromatic rings. The molecule has 1 unspecified atom stereocenters. The van der Waals surface area contributed by atoms with Gasteiger partial charge < -0.3 is 10.1 Å². The number of benzene rings is 1. The summed E-state index contributed by atoms with van der Waals surface area (Å²) in [4.78, 5) is 19.3. The van der Waals surface area contributed by atoms with Crippen LogP contribution in [0.5, 0.6) is 0 Å². The predicted octanol–water partition coefficient (Wildman–Crippen LogP) is 2.67. The molecule has 1 aromatic heterocycles. The summed E-state index contributed by atoms with van der Waals surface area (Å²) in [6, 6.07) is 9.09. The van der Waals surface area contributed by atoms with Gasteiger partial charge >= 0.3 is 0 Å². The maximum atomic E-state index is 11.3. The average Bonchev–Trinajstić information content (AvgIpc) is 2.37. The average molecular weight is 276 g/mol. The topological polar surface area (TPSA) is 66.0 Å². The third kappa shape index (κ3) is 3.68. The van der Waals surface area contributed by atoms with Crippen LogP contribution in [0, 0.1) is 6.92 Å². The first-order valence-corrected chi connectivity index (χ1v) is 6.94. The number of rotatable bonds is 4. The third-order valence-electron chi connectivity index (χ3n) is 2.71. The molecule has 0 radical (unpaired) electrons. The van der Waals surface area contributed by atoms with Crippen molar-refractivity contribution in [3.63, 3.8) is 0 Å². The van der Waals surface area contributed by atoms with Gasteiger partial charge in [0, 0.05) is 16.7 Å². The summed E-state index contributed by atoms with van der Waals surface area (Å²) in [5.41, 5.74) is 1.45. The van der Waals surface area contributed by atoms with Crippen molar-refractivity contribution < 1.29 is 5.11 Å². The second-order valence-electron chi connectivity index (χ2n) is 4.29. The van der Waals surface area contributed by atoms with Crippen molar-refractivity contribution in [2.24, 2.45) is 0 Å². The second kappa shape index (κ2) is 6.04. The Morgan fingerprint density at radius 2 is 2.05 bits per heavy atom. The SMILES string of the molecule is CCC(O)c1ccc(Sc2nc(C)cc(=O)[nH]2)cc1. The molecule has 0 bridgehead atoms. The van der Waals surface area contributed by atoms with Crippen LogP contribution in [0.1, 0.15) is 30.7 Å². The van der Waals surface area contributed by atoms with Crippen molar-refractivity contribution in [2.75, 3.05) is 0 Å². The smallest absolute Gasteiger partial charge is 0.251 e. The first-order valence-electron chi connectivity index (χ1n) is 6.12. The van der Waals surface area contributed by atoms with Gasteiger partial charge in [-0.2, -0.15) is 0 Å². The van der Waals surface area contributed by atoms with Gasteiger partial charge in [-0.15, -0.1) is 0 Å². The molecule has 5 heteroatoms. The minimum atomic E-state index is -0.420. The molecule has 0 fully saturated rings. The number of hydrogen-bond donors (Lipinski definition) is 2. The number of aryl methyl sites for hydroxylation is 1. The maximum absolute atomic E-state index is 11.3. The second-order valence-corrected chi connectivity index (χ2v) is 5.35. The zero-order chi connectivity index (χ0) is 13.8. The highest BCUT2D eigenvalue weighted by atomic mass is 32.2. The first kappa shape index (κ1) is 13.8. The number of H-pyrrole nitrogens is 1. The van der Waals surface area contributed by atoms with E-state index in [9.17, 15) is 9.90 Å². The first-order chi connectivity index (χ1) is 9.08. The molecule has 4 nitrogen and oxygen atoms in total. The largest absolute Gasteiger partial charge is 0.388 e. The summed E-state index contributed by atoms with van der Waals surface area (Å²) in [5, 5.41) is 10.3. The number of nitrogens with zero attached hydrogens (tertiary/aromatic N) is 1. The molecule has 0 saturated heterocycles. The molecular formula is C14H16N2O2S. The molecule has 19 heavy (non-hydrogen) atoms. The Balaban J connectivity index is 2.17. The van der Waals surface area contributed by atoms with E-state index in [0.717, 1.165) is 10.5 Å². The van der Waals surface area contributed by atoms with Gasteiger partial charge in [0.1, 0.15) is 0 Å². The van der Waals surface area contributed by atoms with Crippen LogP contribution in [-0.4, -0.2) is 15.1 Å². The molecule has 0 aliphatic heterocycles. The van der Waals surface area contributed by atoms with Crippen molar-refractivity contribution in [1.29, 1.82) is 0 Å². The van der Waals surface area contributed by atoms with Crippen molar-refractivity contribution in [3.8, 4) is 0 Å². The van der Waals surface area contributed by atoms with Gasteiger partial charge in [0.25, 0.3) is 5.56 Å². The van der Waals surface area contributed by atoms with E-state index >= 15 is 0 Å². The van der Waals surface area contributed by atoms with Gasteiger partial charge in [-0.1, -0.05) is 30.8 Å². The summed E-state index contributed by atoms with van der Waals surface area (Å²) >= 11 is 1.40. The van der Waals surface area contributed by atoms with Crippen LogP contribution in [0.15, 0.2) is 45.2 Å². The molecule has 0 amide bonds. The summed E-state index contributed by atoms with van der Waals surface area (Å²) in [5.74, 6) is 0. The van der Waals surface area contributed by atoms with E-state index in [1.54, 1.807) is 6.92 Å². The Bertz CT molecular complexity index is 608. The van der Waals surface area contributed by atoms with Crippen molar-refractivity contribution in [2.45, 2.75) is 36.4 Å². The van der Waals surface area contributed by atoms with Crippen LogP contribution >= 0.6 is 11.8 Å². The summed E-state index contributed by atoms with van der Waals surface area (Å²) in [7, 11) is 0. The van der Waals surface area contributed by atoms with Crippen LogP contribution in [0.25, 0.3) is 0 Å². The zero-order valence-electron chi connectivity index (χ0n) is 10.9. The number of nitrogens with one attached hydrogen (secondary N) is 1. The number of hydrogen-bond acceptors (Lipinski definition) is 4. The third-order valence-corrected chi connectivity index (χ3v) is 3.61. The van der Waals surface area contributed by atoms with Crippen LogP contribution in [0.3, 0.4) is 0 Å². The van der Waals surface area contributed by atoms with Gasteiger partial charge in [0.2, 0.25) is 0 Å². The standard InChI is InChI=1S/C14H16N2O2S/c1-3-12(17)10-4-6-11(7-5-10)19-14-15-9(2)8-13(18)16-14/h4-8,12,17H,3H2,1-2H3,(H,15,16,18). The molecule has 0 aliphatic carbocycles. The Morgan fingerprint density at radius 3 is 2.63 bits per heavy atom. The molecule has 2 N–H and O–H groups in total. The summed E-state index contributed by atoms with van der Waals surface area (Å²) < 4.78 is 0. The van der Waals surface area contributed by atoms with E-state index in [2.05, 4.69) is 9.97 Å². The van der Waals surface area contributed by atoms with Crippen LogP contribution in [-0.2, 0) is 0 Å². The van der Waals surface area contributed by atoms with E-state index in [1.165, 1.54) is 17.8 Å². The molecule has 2 rings (SSSR count). The highest BCUT2D eigenvalue weighted by Crippen LogP contribution is 2.26. The van der Waals surface area contributed by atoms with Crippen molar-refractivity contribution in [1.82, 2.24) is 9.97 Å². The number of aromatic nitrogens is 2. The number of aliphatic hydroxyl groups is 1. The lowest BCUT2D eigenvalue weighted by Gasteiger charge is -2.08. The normalized spacial score (nSPS) is 12.4. The van der Waals surface area contributed by atoms with Gasteiger partial charge in [0.05, 0.1) is 6.10 Å². The summed E-state index contributed by atoms with van der Waals surface area (Å²) in [6.07, 6.45) is 0.273. The maximum Gasteiger partial charge on any atom is 0.251 e. The molecule has 0 aliphatic rings. The monoisotopic (exact) mass is 276 g/mol. The van der Waals surface area contributed by atoms with Crippen molar-refractivity contribution >= 4 is 11.8 Å². The van der Waals surface area contributed by atoms with E-state index in [-0.39, 0.29) is 5.56 Å². The summed E-state index contributed by atoms with van der Waals surface area (Å²) in [6.45, 7) is 3.73. The lowest BCUT2D eigenvalue weighted by molar-refractivity contribution is 0.173. The van der Waals surface area contributed by atoms with Crippen LogP contribution < -0.4 is 5.56 Å². The fraction of sp³-hybridized carbons (Fsp3) is 0.286. The van der Waals surface area contributed by atoms with Gasteiger partial charge in [-0.25, -0.2) is 4.98 Å². The van der Waals surface area contributed by atoms with Crippen LogP contribution in [0.4, 0.5) is 0 Å². The van der Waals surface area contributed by atoms with E-state index in [0.29, 0.717) is 17.3 Å². The van der Waals surface area contributed by atoms with Gasteiger partial charge in [-0.05, 0) is 31.0 Å². The molecule has 1 heterocycles. The highest BCUT2D eigenvalue weighted by Gasteiger charge is 2.05. The van der Waals surface area contributed by atoms with E-state index in [4.69, 9.17) is 0 Å². The lowest BCUT2D eigenvalue weighted by Crippen LogP contribution is -2.07. The van der Waals surface area contributed by atoms with Gasteiger partial charge in [-0.3, -0.25) is 4.79 Å². The fourth-order valence-corrected chi connectivity index (χ4v) is 2.54. The lowest BCUT2D eigenvalue weighted by atomic mass is 10.1. The Hall–Kier alpha value is -1.59. The van der Waals surface area contributed by atoms with Gasteiger partial charge in [0.15, 0.2) is 5.16 Å². The molecular weight excluding hydrogens is 260 g/mol. The minimum Gasteiger partial charge on any atom is -0.388 e. The molecule has 0 saturated carbocycles. The number of aromatic amines is 1. The zero-order valence-corrected chi connectivity index (χ0v) is 11.7. The van der Waals surface area contributed by atoms with Crippen LogP contribution in [0.2, 0.25) is 0 Å². The predicted molar refractivity (Wildman–Crippen MR) is 75.4 cm³/mol. The molecule has 1 aromatic carbocycles. The molecule has 0 spiro atoms. The minimum absolute atomic E-state index is 0.145. The Morgan fingerprint density at radius 1 is 1.37 bits per heavy atom. The Kier molecular flexibility index (Phi) is 4.39. The molecule has 1 atom stereocenters. The number of aliphatic hydroxyl groups excluding tert-OH is 1. The molecule has 100 valence electrons. The quantitative estimate of drug-likeness (QED) is 0.843. The van der Waals surface area contributed by atoms with E-state index < -0.39 is 6.10 Å². The highest BCUT2D eigenvalue weighted by molar-refractivity contribution is 7.99. The van der Waals surface area contributed by atoms with E-state index in [1.807, 2.05) is 31.2 Å². The Labute approximate surface area is 115 Å². The fourth-order valence-electron chi connectivity index (χ4n) is 1.71.